The number of rotatable bonds is 14. The van der Waals surface area contributed by atoms with Crippen LogP contribution in [0.2, 0.25) is 0 Å². The molecule has 1 rings (SSSR count). The second kappa shape index (κ2) is 12.0. The maximum absolute atomic E-state index is 12.6. The fourth-order valence-electron chi connectivity index (χ4n) is 2.47. The van der Waals surface area contributed by atoms with E-state index in [2.05, 4.69) is 17.4 Å². The van der Waals surface area contributed by atoms with E-state index >= 15 is 0 Å². The molecule has 26 heavy (non-hydrogen) atoms. The van der Waals surface area contributed by atoms with Crippen LogP contribution in [0.15, 0.2) is 10.6 Å². The molecule has 0 atom stereocenters. The molecule has 8 nitrogen and oxygen atoms in total. The number of carbonyl (C=O) groups is 1. The predicted octanol–water partition coefficient (Wildman–Crippen LogP) is 2.56. The quantitative estimate of drug-likeness (QED) is 0.491. The van der Waals surface area contributed by atoms with Crippen molar-refractivity contribution in [2.45, 2.75) is 52.4 Å². The fourth-order valence-corrected chi connectivity index (χ4v) is 3.97. The lowest BCUT2D eigenvalue weighted by atomic mass is 10.1. The molecular weight excluding hydrogens is 358 g/mol. The molecule has 0 unspecified atom stereocenters. The molecule has 0 saturated heterocycles. The average molecular weight is 390 g/mol. The third-order valence-corrected chi connectivity index (χ3v) is 5.81. The number of anilines is 1. The summed E-state index contributed by atoms with van der Waals surface area (Å²) < 4.78 is 36.2. The van der Waals surface area contributed by atoms with E-state index in [0.29, 0.717) is 12.2 Å². The van der Waals surface area contributed by atoms with Crippen LogP contribution in [0.5, 0.6) is 0 Å². The lowest BCUT2D eigenvalue weighted by molar-refractivity contribution is -0.116. The van der Waals surface area contributed by atoms with Gasteiger partial charge in [0.2, 0.25) is 15.9 Å². The monoisotopic (exact) mass is 389 g/mol. The molecule has 1 aromatic rings. The summed E-state index contributed by atoms with van der Waals surface area (Å²) in [6, 6.07) is 1.57. The van der Waals surface area contributed by atoms with Gasteiger partial charge in [0.25, 0.3) is 0 Å². The molecule has 1 N–H and O–H groups in total. The van der Waals surface area contributed by atoms with Gasteiger partial charge in [0.05, 0.1) is 18.9 Å². The van der Waals surface area contributed by atoms with E-state index in [0.717, 1.165) is 25.7 Å². The predicted molar refractivity (Wildman–Crippen MR) is 100 cm³/mol. The minimum atomic E-state index is -3.52. The van der Waals surface area contributed by atoms with Gasteiger partial charge in [0, 0.05) is 19.7 Å². The lowest BCUT2D eigenvalue weighted by Crippen LogP contribution is -2.41. The zero-order chi connectivity index (χ0) is 19.4. The molecule has 0 aliphatic carbocycles. The lowest BCUT2D eigenvalue weighted by Gasteiger charge is -2.21. The van der Waals surface area contributed by atoms with Crippen molar-refractivity contribution in [2.75, 3.05) is 37.9 Å². The molecule has 1 amide bonds. The Labute approximate surface area is 156 Å². The van der Waals surface area contributed by atoms with Crippen molar-refractivity contribution in [1.29, 1.82) is 0 Å². The van der Waals surface area contributed by atoms with Crippen LogP contribution < -0.4 is 5.32 Å². The van der Waals surface area contributed by atoms with Gasteiger partial charge in [-0.3, -0.25) is 4.79 Å². The fraction of sp³-hybridized carbons (Fsp3) is 0.765. The van der Waals surface area contributed by atoms with Gasteiger partial charge >= 0.3 is 0 Å². The van der Waals surface area contributed by atoms with Crippen molar-refractivity contribution in [1.82, 2.24) is 9.46 Å². The van der Waals surface area contributed by atoms with Crippen LogP contribution in [0.4, 0.5) is 5.82 Å². The zero-order valence-electron chi connectivity index (χ0n) is 16.0. The summed E-state index contributed by atoms with van der Waals surface area (Å²) >= 11 is 0. The van der Waals surface area contributed by atoms with Gasteiger partial charge in [0.1, 0.15) is 5.76 Å². The van der Waals surface area contributed by atoms with Gasteiger partial charge in [-0.1, -0.05) is 44.2 Å². The average Bonchev–Trinajstić information content (AvgIpc) is 2.99. The minimum Gasteiger partial charge on any atom is -0.383 e. The standard InChI is InChI=1S/C17H31N3O5S/c1-4-5-6-7-8-9-12-26(22,23)20(10-11-24-3)14-17(21)18-16-13-15(2)25-19-16/h13H,4-12,14H2,1-3H3,(H,18,19,21). The third kappa shape index (κ3) is 8.77. The Hall–Kier alpha value is -1.45. The number of amides is 1. The summed E-state index contributed by atoms with van der Waals surface area (Å²) in [5.41, 5.74) is 0. The van der Waals surface area contributed by atoms with E-state index in [1.165, 1.54) is 17.8 Å². The highest BCUT2D eigenvalue weighted by atomic mass is 32.2. The Bertz CT molecular complexity index is 630. The Morgan fingerprint density at radius 3 is 2.58 bits per heavy atom. The van der Waals surface area contributed by atoms with Crippen LogP contribution in [-0.2, 0) is 19.6 Å². The molecule has 0 aliphatic rings. The molecule has 150 valence electrons. The largest absolute Gasteiger partial charge is 0.383 e. The van der Waals surface area contributed by atoms with Gasteiger partial charge < -0.3 is 14.6 Å². The van der Waals surface area contributed by atoms with E-state index in [4.69, 9.17) is 9.26 Å². The highest BCUT2D eigenvalue weighted by Gasteiger charge is 2.24. The summed E-state index contributed by atoms with van der Waals surface area (Å²) in [6.07, 6.45) is 5.97. The van der Waals surface area contributed by atoms with Crippen LogP contribution >= 0.6 is 0 Å². The number of nitrogens with one attached hydrogen (secondary N) is 1. The molecule has 1 aromatic heterocycles. The molecule has 0 radical (unpaired) electrons. The number of aryl methyl sites for hydroxylation is 1. The van der Waals surface area contributed by atoms with E-state index in [1.54, 1.807) is 13.0 Å². The molecule has 0 bridgehead atoms. The van der Waals surface area contributed by atoms with Crippen LogP contribution in [0, 0.1) is 6.92 Å². The normalized spacial score (nSPS) is 11.8. The van der Waals surface area contributed by atoms with Gasteiger partial charge in [0.15, 0.2) is 5.82 Å². The first-order valence-corrected chi connectivity index (χ1v) is 10.7. The second-order valence-electron chi connectivity index (χ2n) is 6.28. The molecular formula is C17H31N3O5S. The van der Waals surface area contributed by atoms with Gasteiger partial charge in [-0.2, -0.15) is 4.31 Å². The van der Waals surface area contributed by atoms with Crippen molar-refractivity contribution in [3.8, 4) is 0 Å². The number of hydrogen-bond donors (Lipinski definition) is 1. The van der Waals surface area contributed by atoms with Gasteiger partial charge in [-0.05, 0) is 13.3 Å². The van der Waals surface area contributed by atoms with E-state index < -0.39 is 15.9 Å². The van der Waals surface area contributed by atoms with Crippen LogP contribution in [-0.4, -0.2) is 56.3 Å². The van der Waals surface area contributed by atoms with Gasteiger partial charge in [-0.25, -0.2) is 8.42 Å². The smallest absolute Gasteiger partial charge is 0.240 e. The first-order valence-electron chi connectivity index (χ1n) is 9.09. The van der Waals surface area contributed by atoms with Crippen molar-refractivity contribution >= 4 is 21.7 Å². The van der Waals surface area contributed by atoms with Crippen LogP contribution in [0.3, 0.4) is 0 Å². The molecule has 0 spiro atoms. The SMILES string of the molecule is CCCCCCCCS(=O)(=O)N(CCOC)CC(=O)Nc1cc(C)on1. The van der Waals surface area contributed by atoms with Gasteiger partial charge in [-0.15, -0.1) is 0 Å². The first-order chi connectivity index (χ1) is 12.4. The van der Waals surface area contributed by atoms with Crippen molar-refractivity contribution in [3.63, 3.8) is 0 Å². The Balaban J connectivity index is 2.55. The molecule has 0 saturated carbocycles. The Morgan fingerprint density at radius 1 is 1.27 bits per heavy atom. The van der Waals surface area contributed by atoms with Crippen LogP contribution in [0.25, 0.3) is 0 Å². The minimum absolute atomic E-state index is 0.0409. The third-order valence-electron chi connectivity index (χ3n) is 3.91. The zero-order valence-corrected chi connectivity index (χ0v) is 16.8. The number of unbranched alkanes of at least 4 members (excludes halogenated alkanes) is 5. The molecule has 0 fully saturated rings. The molecule has 0 aromatic carbocycles. The van der Waals surface area contributed by atoms with E-state index in [1.807, 2.05) is 0 Å². The maximum atomic E-state index is 12.6. The van der Waals surface area contributed by atoms with E-state index in [9.17, 15) is 13.2 Å². The molecule has 9 heteroatoms. The summed E-state index contributed by atoms with van der Waals surface area (Å²) in [4.78, 5) is 12.2. The van der Waals surface area contributed by atoms with Crippen molar-refractivity contribution < 1.29 is 22.5 Å². The van der Waals surface area contributed by atoms with Crippen molar-refractivity contribution in [3.05, 3.63) is 11.8 Å². The van der Waals surface area contributed by atoms with Crippen LogP contribution in [0.1, 0.15) is 51.2 Å². The number of methoxy groups -OCH3 is 1. The highest BCUT2D eigenvalue weighted by molar-refractivity contribution is 7.89. The first kappa shape index (κ1) is 22.6. The maximum Gasteiger partial charge on any atom is 0.240 e. The second-order valence-corrected chi connectivity index (χ2v) is 8.37. The number of aromatic nitrogens is 1. The number of ether oxygens (including phenoxy) is 1. The summed E-state index contributed by atoms with van der Waals surface area (Å²) in [5, 5.41) is 6.21. The summed E-state index contributed by atoms with van der Waals surface area (Å²) in [7, 11) is -2.02. The molecule has 0 aliphatic heterocycles. The summed E-state index contributed by atoms with van der Waals surface area (Å²) in [6.45, 7) is 3.95. The number of nitrogens with zero attached hydrogens (tertiary/aromatic N) is 2. The topological polar surface area (TPSA) is 102 Å². The summed E-state index contributed by atoms with van der Waals surface area (Å²) in [5.74, 6) is 0.416. The Kier molecular flexibility index (Phi) is 10.5. The number of sulfonamides is 1. The highest BCUT2D eigenvalue weighted by Crippen LogP contribution is 2.11. The number of hydrogen-bond acceptors (Lipinski definition) is 6. The Morgan fingerprint density at radius 2 is 1.96 bits per heavy atom. The van der Waals surface area contributed by atoms with Crippen molar-refractivity contribution in [2.24, 2.45) is 0 Å². The molecule has 1 heterocycles. The number of carbonyl (C=O) groups excluding carboxylic acids is 1. The van der Waals surface area contributed by atoms with E-state index in [-0.39, 0.29) is 31.3 Å².